The number of nitrogens with one attached hydrogen (secondary N) is 1. The van der Waals surface area contributed by atoms with Crippen LogP contribution in [-0.4, -0.2) is 21.0 Å². The van der Waals surface area contributed by atoms with Crippen LogP contribution >= 0.6 is 0 Å². The molecule has 0 aliphatic rings. The molecule has 5 nitrogen and oxygen atoms in total. The van der Waals surface area contributed by atoms with Crippen LogP contribution in [0, 0.1) is 5.82 Å². The molecule has 0 saturated heterocycles. The third-order valence-corrected chi connectivity index (χ3v) is 2.72. The Morgan fingerprint density at radius 1 is 1.42 bits per heavy atom. The standard InChI is InChI=1S/C13H12FN3O2/c1-13(12(18)19,11-8-15-5-6-16-11)17-10-4-2-3-9(14)7-10/h2-8,17H,1H3,(H,18,19). The van der Waals surface area contributed by atoms with Crippen molar-refractivity contribution in [3.63, 3.8) is 0 Å². The minimum Gasteiger partial charge on any atom is -0.479 e. The predicted molar refractivity (Wildman–Crippen MR) is 67.0 cm³/mol. The van der Waals surface area contributed by atoms with E-state index >= 15 is 0 Å². The topological polar surface area (TPSA) is 75.1 Å². The first-order chi connectivity index (χ1) is 9.02. The molecule has 1 heterocycles. The Hall–Kier alpha value is -2.50. The van der Waals surface area contributed by atoms with Crippen molar-refractivity contribution in [2.45, 2.75) is 12.5 Å². The van der Waals surface area contributed by atoms with Crippen molar-refractivity contribution in [3.05, 3.63) is 54.4 Å². The highest BCUT2D eigenvalue weighted by Crippen LogP contribution is 2.24. The van der Waals surface area contributed by atoms with E-state index in [1.807, 2.05) is 0 Å². The van der Waals surface area contributed by atoms with E-state index in [9.17, 15) is 14.3 Å². The van der Waals surface area contributed by atoms with Crippen LogP contribution in [0.15, 0.2) is 42.9 Å². The van der Waals surface area contributed by atoms with Gasteiger partial charge in [-0.3, -0.25) is 9.97 Å². The number of aromatic nitrogens is 2. The van der Waals surface area contributed by atoms with Gasteiger partial charge < -0.3 is 10.4 Å². The summed E-state index contributed by atoms with van der Waals surface area (Å²) in [6, 6.07) is 5.58. The predicted octanol–water partition coefficient (Wildman–Crippen LogP) is 2.03. The summed E-state index contributed by atoms with van der Waals surface area (Å²) in [6.45, 7) is 1.45. The molecule has 2 N–H and O–H groups in total. The van der Waals surface area contributed by atoms with Gasteiger partial charge in [0.1, 0.15) is 5.82 Å². The number of carboxylic acids is 1. The van der Waals surface area contributed by atoms with Gasteiger partial charge in [-0.05, 0) is 25.1 Å². The highest BCUT2D eigenvalue weighted by atomic mass is 19.1. The summed E-state index contributed by atoms with van der Waals surface area (Å²) >= 11 is 0. The van der Waals surface area contributed by atoms with Gasteiger partial charge in [0.25, 0.3) is 0 Å². The van der Waals surface area contributed by atoms with Crippen LogP contribution in [0.4, 0.5) is 10.1 Å². The van der Waals surface area contributed by atoms with Crippen LogP contribution in [0.5, 0.6) is 0 Å². The Kier molecular flexibility index (Phi) is 3.41. The molecule has 1 aromatic carbocycles. The summed E-state index contributed by atoms with van der Waals surface area (Å²) in [7, 11) is 0. The molecule has 1 aromatic heterocycles. The van der Waals surface area contributed by atoms with E-state index in [1.165, 1.54) is 43.7 Å². The SMILES string of the molecule is CC(Nc1cccc(F)c1)(C(=O)O)c1cnccn1. The van der Waals surface area contributed by atoms with Gasteiger partial charge >= 0.3 is 5.97 Å². The lowest BCUT2D eigenvalue weighted by atomic mass is 9.98. The number of nitrogens with zero attached hydrogens (tertiary/aromatic N) is 2. The number of carboxylic acid groups (broad SMARTS) is 1. The third kappa shape index (κ3) is 2.67. The smallest absolute Gasteiger partial charge is 0.335 e. The molecule has 0 saturated carbocycles. The minimum atomic E-state index is -1.48. The molecule has 0 spiro atoms. The van der Waals surface area contributed by atoms with Crippen LogP contribution < -0.4 is 5.32 Å². The normalized spacial score (nSPS) is 13.6. The quantitative estimate of drug-likeness (QED) is 0.880. The number of benzene rings is 1. The summed E-state index contributed by atoms with van der Waals surface area (Å²) in [4.78, 5) is 19.3. The van der Waals surface area contributed by atoms with Gasteiger partial charge in [0, 0.05) is 18.1 Å². The van der Waals surface area contributed by atoms with Gasteiger partial charge in [-0.15, -0.1) is 0 Å². The van der Waals surface area contributed by atoms with E-state index in [-0.39, 0.29) is 5.69 Å². The highest BCUT2D eigenvalue weighted by molar-refractivity contribution is 5.83. The number of hydrogen-bond acceptors (Lipinski definition) is 4. The van der Waals surface area contributed by atoms with E-state index in [2.05, 4.69) is 15.3 Å². The van der Waals surface area contributed by atoms with Crippen LogP contribution in [-0.2, 0) is 10.3 Å². The highest BCUT2D eigenvalue weighted by Gasteiger charge is 2.37. The number of anilines is 1. The average Bonchev–Trinajstić information content (AvgIpc) is 2.39. The maximum Gasteiger partial charge on any atom is 0.335 e. The zero-order valence-electron chi connectivity index (χ0n) is 10.2. The number of aliphatic carboxylic acids is 1. The summed E-state index contributed by atoms with van der Waals surface area (Å²) < 4.78 is 13.1. The van der Waals surface area contributed by atoms with E-state index in [0.717, 1.165) is 0 Å². The number of halogens is 1. The van der Waals surface area contributed by atoms with E-state index < -0.39 is 17.3 Å². The largest absolute Gasteiger partial charge is 0.479 e. The Balaban J connectivity index is 2.39. The second kappa shape index (κ2) is 5.01. The molecule has 0 amide bonds. The van der Waals surface area contributed by atoms with E-state index in [1.54, 1.807) is 6.07 Å². The van der Waals surface area contributed by atoms with Crippen LogP contribution in [0.25, 0.3) is 0 Å². The minimum absolute atomic E-state index is 0.242. The number of carbonyl (C=O) groups is 1. The molecule has 6 heteroatoms. The van der Waals surface area contributed by atoms with E-state index in [0.29, 0.717) is 5.69 Å². The molecule has 1 atom stereocenters. The van der Waals surface area contributed by atoms with Crippen LogP contribution in [0.3, 0.4) is 0 Å². The zero-order chi connectivity index (χ0) is 13.9. The van der Waals surface area contributed by atoms with E-state index in [4.69, 9.17) is 0 Å². The van der Waals surface area contributed by atoms with Crippen molar-refractivity contribution in [2.75, 3.05) is 5.32 Å². The van der Waals surface area contributed by atoms with Crippen molar-refractivity contribution >= 4 is 11.7 Å². The lowest BCUT2D eigenvalue weighted by Gasteiger charge is -2.26. The first-order valence-electron chi connectivity index (χ1n) is 5.56. The fraction of sp³-hybridized carbons (Fsp3) is 0.154. The van der Waals surface area contributed by atoms with Crippen molar-refractivity contribution < 1.29 is 14.3 Å². The average molecular weight is 261 g/mol. The van der Waals surface area contributed by atoms with Crippen molar-refractivity contribution in [3.8, 4) is 0 Å². The zero-order valence-corrected chi connectivity index (χ0v) is 10.2. The van der Waals surface area contributed by atoms with Gasteiger partial charge in [0.2, 0.25) is 0 Å². The van der Waals surface area contributed by atoms with Crippen LogP contribution in [0.2, 0.25) is 0 Å². The molecule has 0 aliphatic carbocycles. The Labute approximate surface area is 109 Å². The fourth-order valence-electron chi connectivity index (χ4n) is 1.64. The molecule has 0 radical (unpaired) electrons. The third-order valence-electron chi connectivity index (χ3n) is 2.72. The summed E-state index contributed by atoms with van der Waals surface area (Å²) in [5, 5.41) is 12.2. The Morgan fingerprint density at radius 2 is 2.21 bits per heavy atom. The summed E-state index contributed by atoms with van der Waals surface area (Å²) in [5.74, 6) is -1.57. The second-order valence-electron chi connectivity index (χ2n) is 4.16. The molecule has 98 valence electrons. The monoisotopic (exact) mass is 261 g/mol. The molecule has 0 aliphatic heterocycles. The Bertz CT molecular complexity index is 591. The number of rotatable bonds is 4. The van der Waals surface area contributed by atoms with Crippen LogP contribution in [0.1, 0.15) is 12.6 Å². The molecular weight excluding hydrogens is 249 g/mol. The maximum absolute atomic E-state index is 13.1. The fourth-order valence-corrected chi connectivity index (χ4v) is 1.64. The molecular formula is C13H12FN3O2. The van der Waals surface area contributed by atoms with Gasteiger partial charge in [-0.1, -0.05) is 6.07 Å². The lowest BCUT2D eigenvalue weighted by Crippen LogP contribution is -2.41. The lowest BCUT2D eigenvalue weighted by molar-refractivity contribution is -0.142. The Morgan fingerprint density at radius 3 is 2.79 bits per heavy atom. The number of hydrogen-bond donors (Lipinski definition) is 2. The molecule has 1 unspecified atom stereocenters. The van der Waals surface area contributed by atoms with Crippen molar-refractivity contribution in [1.82, 2.24) is 9.97 Å². The van der Waals surface area contributed by atoms with Gasteiger partial charge in [0.15, 0.2) is 5.54 Å². The first-order valence-corrected chi connectivity index (χ1v) is 5.56. The van der Waals surface area contributed by atoms with Gasteiger partial charge in [-0.25, -0.2) is 9.18 Å². The first kappa shape index (κ1) is 12.9. The molecule has 19 heavy (non-hydrogen) atoms. The molecule has 2 rings (SSSR count). The van der Waals surface area contributed by atoms with Crippen molar-refractivity contribution in [2.24, 2.45) is 0 Å². The van der Waals surface area contributed by atoms with Gasteiger partial charge in [-0.2, -0.15) is 0 Å². The molecule has 2 aromatic rings. The summed E-state index contributed by atoms with van der Waals surface area (Å²) in [5.41, 5.74) is -0.885. The summed E-state index contributed by atoms with van der Waals surface area (Å²) in [6.07, 6.45) is 4.22. The van der Waals surface area contributed by atoms with Gasteiger partial charge in [0.05, 0.1) is 11.9 Å². The maximum atomic E-state index is 13.1. The second-order valence-corrected chi connectivity index (χ2v) is 4.16. The molecule has 0 bridgehead atoms. The molecule has 0 fully saturated rings. The van der Waals surface area contributed by atoms with Crippen molar-refractivity contribution in [1.29, 1.82) is 0 Å².